The summed E-state index contributed by atoms with van der Waals surface area (Å²) >= 11 is 1.76. The van der Waals surface area contributed by atoms with Crippen LogP contribution in [0.25, 0.3) is 0 Å². The van der Waals surface area contributed by atoms with E-state index in [-0.39, 0.29) is 0 Å². The van der Waals surface area contributed by atoms with E-state index >= 15 is 0 Å². The van der Waals surface area contributed by atoms with E-state index in [4.69, 9.17) is 0 Å². The van der Waals surface area contributed by atoms with E-state index in [1.54, 1.807) is 11.9 Å². The van der Waals surface area contributed by atoms with Crippen molar-refractivity contribution in [3.05, 3.63) is 29.8 Å². The van der Waals surface area contributed by atoms with Crippen molar-refractivity contribution in [3.63, 3.8) is 0 Å². The smallest absolute Gasteiger partial charge is 0.0228 e. The van der Waals surface area contributed by atoms with Crippen LogP contribution in [0.3, 0.4) is 0 Å². The molecule has 0 aliphatic carbocycles. The molecule has 1 N–H and O–H groups in total. The van der Waals surface area contributed by atoms with Gasteiger partial charge in [-0.15, -0.1) is 0 Å². The number of hydrogen-bond acceptors (Lipinski definition) is 3. The van der Waals surface area contributed by atoms with Crippen LogP contribution in [0.1, 0.15) is 31.7 Å². The Bertz CT molecular complexity index is 350. The monoisotopic (exact) mass is 264 g/mol. The summed E-state index contributed by atoms with van der Waals surface area (Å²) in [4.78, 5) is 3.80. The van der Waals surface area contributed by atoms with Crippen LogP contribution in [0, 0.1) is 0 Å². The highest BCUT2D eigenvalue weighted by molar-refractivity contribution is 7.97. The van der Waals surface area contributed by atoms with E-state index in [1.807, 2.05) is 0 Å². The van der Waals surface area contributed by atoms with Gasteiger partial charge in [0.25, 0.3) is 0 Å². The van der Waals surface area contributed by atoms with Crippen molar-refractivity contribution >= 4 is 11.9 Å². The number of hydrogen-bond donors (Lipinski definition) is 1. The molecule has 100 valence electrons. The number of benzene rings is 1. The summed E-state index contributed by atoms with van der Waals surface area (Å²) in [6.45, 7) is 4.56. The van der Waals surface area contributed by atoms with Gasteiger partial charge in [0.1, 0.15) is 0 Å². The lowest BCUT2D eigenvalue weighted by molar-refractivity contribution is 0.298. The van der Waals surface area contributed by atoms with Gasteiger partial charge in [-0.2, -0.15) is 0 Å². The third-order valence-corrected chi connectivity index (χ3v) is 4.63. The summed E-state index contributed by atoms with van der Waals surface area (Å²) < 4.78 is 3.48. The fourth-order valence-electron chi connectivity index (χ4n) is 2.50. The molecule has 1 saturated heterocycles. The van der Waals surface area contributed by atoms with Gasteiger partial charge in [0, 0.05) is 17.5 Å². The molecule has 1 fully saturated rings. The number of nitrogens with one attached hydrogen (secondary N) is 1. The second-order valence-corrected chi connectivity index (χ2v) is 6.02. The first-order valence-electron chi connectivity index (χ1n) is 6.98. The lowest BCUT2D eigenvalue weighted by atomic mass is 10.1. The summed E-state index contributed by atoms with van der Waals surface area (Å²) in [6.07, 6.45) is 5.11. The van der Waals surface area contributed by atoms with Crippen LogP contribution < -0.4 is 4.72 Å². The second-order valence-electron chi connectivity index (χ2n) is 5.06. The molecule has 1 aromatic carbocycles. The average Bonchev–Trinajstić information content (AvgIpc) is 2.81. The van der Waals surface area contributed by atoms with Crippen LogP contribution in [0.15, 0.2) is 29.2 Å². The largest absolute Gasteiger partial charge is 0.303 e. The Morgan fingerprint density at radius 3 is 2.72 bits per heavy atom. The second kappa shape index (κ2) is 7.17. The Morgan fingerprint density at radius 2 is 2.11 bits per heavy atom. The summed E-state index contributed by atoms with van der Waals surface area (Å²) in [5.41, 5.74) is 1.41. The predicted molar refractivity (Wildman–Crippen MR) is 79.9 cm³/mol. The summed E-state index contributed by atoms with van der Waals surface area (Å²) in [6, 6.07) is 9.64. The Labute approximate surface area is 115 Å². The van der Waals surface area contributed by atoms with Crippen LogP contribution in [0.4, 0.5) is 0 Å². The molecular formula is C15H24N2S. The van der Waals surface area contributed by atoms with Crippen LogP contribution in [0.2, 0.25) is 0 Å². The van der Waals surface area contributed by atoms with Crippen LogP contribution >= 0.6 is 11.9 Å². The fourth-order valence-corrected chi connectivity index (χ4v) is 3.16. The molecular weight excluding hydrogens is 240 g/mol. The van der Waals surface area contributed by atoms with Gasteiger partial charge in [0.15, 0.2) is 0 Å². The normalized spacial score (nSPS) is 20.4. The Hall–Kier alpha value is -0.510. The zero-order chi connectivity index (χ0) is 12.8. The lowest BCUT2D eigenvalue weighted by Crippen LogP contribution is -2.27. The van der Waals surface area contributed by atoms with E-state index in [9.17, 15) is 0 Å². The maximum absolute atomic E-state index is 3.48. The van der Waals surface area contributed by atoms with Crippen molar-refractivity contribution in [2.75, 3.05) is 20.1 Å². The molecule has 2 nitrogen and oxygen atoms in total. The highest BCUT2D eigenvalue weighted by atomic mass is 32.2. The Morgan fingerprint density at radius 1 is 1.33 bits per heavy atom. The first-order valence-corrected chi connectivity index (χ1v) is 7.80. The van der Waals surface area contributed by atoms with Gasteiger partial charge in [0.05, 0.1) is 0 Å². The minimum absolute atomic E-state index is 0.792. The molecule has 1 heterocycles. The van der Waals surface area contributed by atoms with Crippen LogP contribution in [-0.2, 0) is 6.42 Å². The molecule has 18 heavy (non-hydrogen) atoms. The zero-order valence-corrected chi connectivity index (χ0v) is 12.3. The van der Waals surface area contributed by atoms with Crippen molar-refractivity contribution in [2.45, 2.75) is 43.5 Å². The van der Waals surface area contributed by atoms with Gasteiger partial charge >= 0.3 is 0 Å². The van der Waals surface area contributed by atoms with E-state index in [2.05, 4.69) is 47.9 Å². The average molecular weight is 264 g/mol. The summed E-state index contributed by atoms with van der Waals surface area (Å²) in [7, 11) is 2.24. The molecule has 1 aliphatic heterocycles. The molecule has 0 saturated carbocycles. The van der Waals surface area contributed by atoms with Gasteiger partial charge in [-0.1, -0.05) is 19.1 Å². The van der Waals surface area contributed by atoms with Crippen LogP contribution in [-0.4, -0.2) is 31.1 Å². The highest BCUT2D eigenvalue weighted by Crippen LogP contribution is 2.19. The maximum Gasteiger partial charge on any atom is 0.0228 e. The van der Waals surface area contributed by atoms with E-state index in [0.717, 1.165) is 19.0 Å². The first kappa shape index (κ1) is 13.9. The Balaban J connectivity index is 1.65. The minimum Gasteiger partial charge on any atom is -0.303 e. The SMILES string of the molecule is CCc1ccc(SNCCC2CCCN2C)cc1. The molecule has 1 atom stereocenters. The molecule has 1 unspecified atom stereocenters. The van der Waals surface area contributed by atoms with E-state index in [1.165, 1.54) is 36.3 Å². The van der Waals surface area contributed by atoms with Gasteiger partial charge in [-0.3, -0.25) is 4.72 Å². The van der Waals surface area contributed by atoms with Gasteiger partial charge < -0.3 is 4.90 Å². The standard InChI is InChI=1S/C15H24N2S/c1-3-13-6-8-15(9-7-13)18-16-11-10-14-5-4-12-17(14)2/h6-9,14,16H,3-5,10-12H2,1-2H3. The van der Waals surface area contributed by atoms with Crippen LogP contribution in [0.5, 0.6) is 0 Å². The number of nitrogens with zero attached hydrogens (tertiary/aromatic N) is 1. The Kier molecular flexibility index (Phi) is 5.54. The minimum atomic E-state index is 0.792. The molecule has 1 aromatic rings. The summed E-state index contributed by atoms with van der Waals surface area (Å²) in [5, 5.41) is 0. The maximum atomic E-state index is 3.48. The first-order chi connectivity index (χ1) is 8.79. The molecule has 1 aliphatic rings. The summed E-state index contributed by atoms with van der Waals surface area (Å²) in [5.74, 6) is 0. The predicted octanol–water partition coefficient (Wildman–Crippen LogP) is 3.33. The third kappa shape index (κ3) is 4.01. The molecule has 0 bridgehead atoms. The van der Waals surface area contributed by atoms with Gasteiger partial charge in [-0.25, -0.2) is 0 Å². The number of aryl methyl sites for hydroxylation is 1. The molecule has 2 rings (SSSR count). The number of likely N-dealkylation sites (tertiary alicyclic amines) is 1. The zero-order valence-electron chi connectivity index (χ0n) is 11.5. The van der Waals surface area contributed by atoms with Crippen molar-refractivity contribution < 1.29 is 0 Å². The number of rotatable bonds is 6. The topological polar surface area (TPSA) is 15.3 Å². The third-order valence-electron chi connectivity index (χ3n) is 3.77. The van der Waals surface area contributed by atoms with E-state index < -0.39 is 0 Å². The van der Waals surface area contributed by atoms with Crippen molar-refractivity contribution in [1.29, 1.82) is 0 Å². The van der Waals surface area contributed by atoms with Gasteiger partial charge in [0.2, 0.25) is 0 Å². The quantitative estimate of drug-likeness (QED) is 0.627. The molecule has 0 amide bonds. The lowest BCUT2D eigenvalue weighted by Gasteiger charge is -2.19. The molecule has 0 radical (unpaired) electrons. The highest BCUT2D eigenvalue weighted by Gasteiger charge is 2.19. The molecule has 3 heteroatoms. The van der Waals surface area contributed by atoms with Crippen molar-refractivity contribution in [1.82, 2.24) is 9.62 Å². The van der Waals surface area contributed by atoms with Crippen molar-refractivity contribution in [2.24, 2.45) is 0 Å². The molecule has 0 aromatic heterocycles. The fraction of sp³-hybridized carbons (Fsp3) is 0.600. The van der Waals surface area contributed by atoms with E-state index in [0.29, 0.717) is 0 Å². The van der Waals surface area contributed by atoms with Crippen molar-refractivity contribution in [3.8, 4) is 0 Å². The molecule has 0 spiro atoms. The van der Waals surface area contributed by atoms with Gasteiger partial charge in [-0.05, 0) is 68.9 Å².